The Bertz CT molecular complexity index is 416. The smallest absolute Gasteiger partial charge is 0.236 e. The molecule has 0 unspecified atom stereocenters. The second kappa shape index (κ2) is 2.36. The first kappa shape index (κ1) is 8.00. The van der Waals surface area contributed by atoms with E-state index in [0.717, 1.165) is 24.1 Å². The van der Waals surface area contributed by atoms with Gasteiger partial charge in [-0.1, -0.05) is 18.2 Å². The van der Waals surface area contributed by atoms with E-state index in [2.05, 4.69) is 5.32 Å². The van der Waals surface area contributed by atoms with Gasteiger partial charge in [0, 0.05) is 11.7 Å². The molecular formula is C11H12N2O. The molecule has 0 saturated heterocycles. The molecule has 1 aromatic rings. The fraction of sp³-hybridized carbons (Fsp3) is 0.364. The molecule has 72 valence electrons. The number of nitrogens with two attached hydrogens (primary N) is 1. The molecule has 1 saturated carbocycles. The van der Waals surface area contributed by atoms with Crippen LogP contribution in [0.4, 0.5) is 5.69 Å². The lowest BCUT2D eigenvalue weighted by molar-refractivity contribution is -0.124. The molecule has 1 aliphatic heterocycles. The van der Waals surface area contributed by atoms with Crippen LogP contribution < -0.4 is 11.1 Å². The second-order valence-electron chi connectivity index (χ2n) is 4.12. The minimum Gasteiger partial charge on any atom is -0.326 e. The zero-order valence-corrected chi connectivity index (χ0v) is 7.79. The van der Waals surface area contributed by atoms with Crippen molar-refractivity contribution in [2.24, 2.45) is 5.73 Å². The summed E-state index contributed by atoms with van der Waals surface area (Å²) in [6.45, 7) is 0. The molecule has 2 aliphatic rings. The standard InChI is InChI=1S/C11H12N2O/c12-9-5-6-11(9)7-3-1-2-4-8(7)13-10(11)14/h1-4,9H,5-6,12H2,(H,13,14)/t9-,11+/m1/s1. The first-order valence-electron chi connectivity index (χ1n) is 4.92. The van der Waals surface area contributed by atoms with Crippen LogP contribution in [0.25, 0.3) is 0 Å². The molecule has 1 heterocycles. The van der Waals surface area contributed by atoms with E-state index in [9.17, 15) is 4.79 Å². The molecule has 3 rings (SSSR count). The van der Waals surface area contributed by atoms with Crippen LogP contribution in [0.3, 0.4) is 0 Å². The molecule has 1 spiro atoms. The van der Waals surface area contributed by atoms with Crippen LogP contribution in [0.2, 0.25) is 0 Å². The van der Waals surface area contributed by atoms with Crippen LogP contribution in [0.15, 0.2) is 24.3 Å². The number of amides is 1. The maximum Gasteiger partial charge on any atom is 0.236 e. The van der Waals surface area contributed by atoms with E-state index in [1.165, 1.54) is 0 Å². The Hall–Kier alpha value is -1.35. The summed E-state index contributed by atoms with van der Waals surface area (Å²) in [6.07, 6.45) is 1.83. The second-order valence-corrected chi connectivity index (χ2v) is 4.12. The minimum absolute atomic E-state index is 0.00819. The number of anilines is 1. The fourth-order valence-electron chi connectivity index (χ4n) is 2.55. The van der Waals surface area contributed by atoms with Gasteiger partial charge in [-0.25, -0.2) is 0 Å². The monoisotopic (exact) mass is 188 g/mol. The highest BCUT2D eigenvalue weighted by atomic mass is 16.2. The number of hydrogen-bond acceptors (Lipinski definition) is 2. The number of nitrogens with one attached hydrogen (secondary N) is 1. The quantitative estimate of drug-likeness (QED) is 0.638. The molecule has 1 amide bonds. The Kier molecular flexibility index (Phi) is 1.35. The van der Waals surface area contributed by atoms with Crippen molar-refractivity contribution in [3.05, 3.63) is 29.8 Å². The van der Waals surface area contributed by atoms with E-state index >= 15 is 0 Å². The molecule has 14 heavy (non-hydrogen) atoms. The van der Waals surface area contributed by atoms with Gasteiger partial charge in [-0.3, -0.25) is 4.79 Å². The van der Waals surface area contributed by atoms with Gasteiger partial charge in [-0.2, -0.15) is 0 Å². The molecule has 1 aromatic carbocycles. The van der Waals surface area contributed by atoms with Crippen LogP contribution >= 0.6 is 0 Å². The molecule has 3 heteroatoms. The zero-order chi connectivity index (χ0) is 9.76. The molecule has 3 N–H and O–H groups in total. The van der Waals surface area contributed by atoms with Gasteiger partial charge in [0.05, 0.1) is 5.41 Å². The number of carbonyl (C=O) groups excluding carboxylic acids is 1. The molecule has 0 bridgehead atoms. The highest BCUT2D eigenvalue weighted by molar-refractivity contribution is 6.07. The summed E-state index contributed by atoms with van der Waals surface area (Å²) in [5, 5.41) is 2.90. The first-order valence-corrected chi connectivity index (χ1v) is 4.92. The predicted molar refractivity (Wildman–Crippen MR) is 54.0 cm³/mol. The third kappa shape index (κ3) is 0.700. The van der Waals surface area contributed by atoms with Crippen LogP contribution in [-0.4, -0.2) is 11.9 Å². The van der Waals surface area contributed by atoms with Gasteiger partial charge in [0.1, 0.15) is 0 Å². The Labute approximate surface area is 82.3 Å². The Balaban J connectivity index is 2.20. The average molecular weight is 188 g/mol. The Morgan fingerprint density at radius 1 is 1.43 bits per heavy atom. The van der Waals surface area contributed by atoms with Crippen molar-refractivity contribution in [3.63, 3.8) is 0 Å². The SMILES string of the molecule is N[C@@H]1CC[C@@]12C(=O)Nc1ccccc12. The summed E-state index contributed by atoms with van der Waals surface area (Å²) >= 11 is 0. The first-order chi connectivity index (χ1) is 6.75. The number of benzene rings is 1. The van der Waals surface area contributed by atoms with Crippen LogP contribution in [0.1, 0.15) is 18.4 Å². The molecule has 0 aromatic heterocycles. The molecule has 1 fully saturated rings. The summed E-state index contributed by atoms with van der Waals surface area (Å²) in [5.41, 5.74) is 7.58. The largest absolute Gasteiger partial charge is 0.326 e. The number of para-hydroxylation sites is 1. The number of carbonyl (C=O) groups is 1. The maximum absolute atomic E-state index is 11.9. The summed E-state index contributed by atoms with van der Waals surface area (Å²) in [7, 11) is 0. The van der Waals surface area contributed by atoms with Gasteiger partial charge < -0.3 is 11.1 Å². The van der Waals surface area contributed by atoms with Gasteiger partial charge in [0.2, 0.25) is 5.91 Å². The number of rotatable bonds is 0. The van der Waals surface area contributed by atoms with Gasteiger partial charge in [-0.05, 0) is 24.5 Å². The van der Waals surface area contributed by atoms with E-state index in [0.29, 0.717) is 0 Å². The van der Waals surface area contributed by atoms with E-state index in [1.54, 1.807) is 0 Å². The van der Waals surface area contributed by atoms with Crippen molar-refractivity contribution in [3.8, 4) is 0 Å². The average Bonchev–Trinajstić information content (AvgIpc) is 2.49. The molecule has 0 radical (unpaired) electrons. The third-order valence-electron chi connectivity index (χ3n) is 3.54. The normalized spacial score (nSPS) is 33.8. The molecule has 1 aliphatic carbocycles. The van der Waals surface area contributed by atoms with Crippen molar-refractivity contribution >= 4 is 11.6 Å². The van der Waals surface area contributed by atoms with E-state index in [-0.39, 0.29) is 11.9 Å². The number of fused-ring (bicyclic) bond motifs is 2. The van der Waals surface area contributed by atoms with E-state index in [1.807, 2.05) is 24.3 Å². The predicted octanol–water partition coefficient (Wildman–Crippen LogP) is 0.998. The van der Waals surface area contributed by atoms with Gasteiger partial charge >= 0.3 is 0 Å². The lowest BCUT2D eigenvalue weighted by Crippen LogP contribution is -2.58. The van der Waals surface area contributed by atoms with Crippen molar-refractivity contribution in [2.75, 3.05) is 5.32 Å². The summed E-state index contributed by atoms with van der Waals surface area (Å²) < 4.78 is 0. The lowest BCUT2D eigenvalue weighted by Gasteiger charge is -2.42. The summed E-state index contributed by atoms with van der Waals surface area (Å²) in [6, 6.07) is 7.83. The zero-order valence-electron chi connectivity index (χ0n) is 7.79. The highest BCUT2D eigenvalue weighted by Gasteiger charge is 2.56. The van der Waals surface area contributed by atoms with E-state index in [4.69, 9.17) is 5.73 Å². The van der Waals surface area contributed by atoms with E-state index < -0.39 is 5.41 Å². The molecule has 3 nitrogen and oxygen atoms in total. The Morgan fingerprint density at radius 3 is 2.86 bits per heavy atom. The summed E-state index contributed by atoms with van der Waals surface area (Å²) in [4.78, 5) is 11.9. The molecular weight excluding hydrogens is 176 g/mol. The van der Waals surface area contributed by atoms with Crippen molar-refractivity contribution in [1.29, 1.82) is 0 Å². The summed E-state index contributed by atoms with van der Waals surface area (Å²) in [5.74, 6) is 0.0810. The maximum atomic E-state index is 11.9. The van der Waals surface area contributed by atoms with Gasteiger partial charge in [0.15, 0.2) is 0 Å². The van der Waals surface area contributed by atoms with Crippen molar-refractivity contribution in [2.45, 2.75) is 24.3 Å². The van der Waals surface area contributed by atoms with Crippen LogP contribution in [0.5, 0.6) is 0 Å². The van der Waals surface area contributed by atoms with Crippen LogP contribution in [-0.2, 0) is 10.2 Å². The number of hydrogen-bond donors (Lipinski definition) is 2. The Morgan fingerprint density at radius 2 is 2.21 bits per heavy atom. The topological polar surface area (TPSA) is 55.1 Å². The van der Waals surface area contributed by atoms with Crippen molar-refractivity contribution < 1.29 is 4.79 Å². The van der Waals surface area contributed by atoms with Gasteiger partial charge in [-0.15, -0.1) is 0 Å². The lowest BCUT2D eigenvalue weighted by atomic mass is 9.61. The van der Waals surface area contributed by atoms with Gasteiger partial charge in [0.25, 0.3) is 0 Å². The van der Waals surface area contributed by atoms with Crippen molar-refractivity contribution in [1.82, 2.24) is 0 Å². The third-order valence-corrected chi connectivity index (χ3v) is 3.54. The fourth-order valence-corrected chi connectivity index (χ4v) is 2.55. The minimum atomic E-state index is -0.406. The highest BCUT2D eigenvalue weighted by Crippen LogP contribution is 2.49. The molecule has 2 atom stereocenters. The van der Waals surface area contributed by atoms with Crippen LogP contribution in [0, 0.1) is 0 Å².